The molecule has 3 fully saturated rings. The summed E-state index contributed by atoms with van der Waals surface area (Å²) in [5.41, 5.74) is 4.42. The van der Waals surface area contributed by atoms with Crippen molar-refractivity contribution in [2.24, 2.45) is 23.2 Å². The highest BCUT2D eigenvalue weighted by Crippen LogP contribution is 2.59. The summed E-state index contributed by atoms with van der Waals surface area (Å²) in [7, 11) is 0. The van der Waals surface area contributed by atoms with Gasteiger partial charge >= 0.3 is 0 Å². The van der Waals surface area contributed by atoms with Crippen molar-refractivity contribution in [3.63, 3.8) is 0 Å². The van der Waals surface area contributed by atoms with Gasteiger partial charge in [0.15, 0.2) is 0 Å². The van der Waals surface area contributed by atoms with Crippen LogP contribution in [-0.4, -0.2) is 11.2 Å². The maximum absolute atomic E-state index is 10.0. The molecular formula is C22H34O. The lowest BCUT2D eigenvalue weighted by atomic mass is 9.61. The van der Waals surface area contributed by atoms with Gasteiger partial charge in [0, 0.05) is 0 Å². The monoisotopic (exact) mass is 314 g/mol. The molecule has 0 bridgehead atoms. The number of hydrogen-bond acceptors (Lipinski definition) is 1. The average Bonchev–Trinajstić information content (AvgIpc) is 2.86. The van der Waals surface area contributed by atoms with Crippen LogP contribution in [0.2, 0.25) is 0 Å². The van der Waals surface area contributed by atoms with Crippen LogP contribution in [0.3, 0.4) is 0 Å². The first kappa shape index (κ1) is 17.0. The molecule has 0 aromatic heterocycles. The first-order valence-corrected chi connectivity index (χ1v) is 9.70. The van der Waals surface area contributed by atoms with E-state index in [9.17, 15) is 5.11 Å². The van der Waals surface area contributed by atoms with Crippen molar-refractivity contribution in [2.75, 3.05) is 0 Å². The van der Waals surface area contributed by atoms with E-state index in [1.54, 1.807) is 5.57 Å². The Morgan fingerprint density at radius 3 is 2.65 bits per heavy atom. The third-order valence-electron chi connectivity index (χ3n) is 7.08. The number of rotatable bonds is 2. The minimum atomic E-state index is -0.318. The molecule has 0 amide bonds. The first-order chi connectivity index (χ1) is 10.9. The largest absolute Gasteiger partial charge is 0.388 e. The second-order valence-electron chi connectivity index (χ2n) is 8.71. The Bertz CT molecular complexity index is 524. The van der Waals surface area contributed by atoms with Gasteiger partial charge in [0.05, 0.1) is 6.10 Å². The lowest BCUT2D eigenvalue weighted by molar-refractivity contribution is 0.104. The Kier molecular flexibility index (Phi) is 4.88. The topological polar surface area (TPSA) is 20.2 Å². The predicted octanol–water partition coefficient (Wildman–Crippen LogP) is 5.81. The normalized spacial score (nSPS) is 41.8. The molecule has 4 atom stereocenters. The van der Waals surface area contributed by atoms with Crippen LogP contribution in [0.4, 0.5) is 0 Å². The zero-order valence-electron chi connectivity index (χ0n) is 15.3. The fourth-order valence-electron chi connectivity index (χ4n) is 5.81. The molecule has 1 nitrogen and oxygen atoms in total. The minimum absolute atomic E-state index is 0.318. The van der Waals surface area contributed by atoms with Crippen molar-refractivity contribution in [3.05, 3.63) is 35.5 Å². The number of hydrogen-bond donors (Lipinski definition) is 1. The molecule has 3 aliphatic rings. The zero-order chi connectivity index (χ0) is 16.6. The van der Waals surface area contributed by atoms with Crippen LogP contribution >= 0.6 is 0 Å². The molecular weight excluding hydrogens is 280 g/mol. The molecule has 4 unspecified atom stereocenters. The van der Waals surface area contributed by atoms with E-state index < -0.39 is 0 Å². The first-order valence-electron chi connectivity index (χ1n) is 9.70. The Hall–Kier alpha value is -0.820. The van der Waals surface area contributed by atoms with Gasteiger partial charge in [-0.05, 0) is 85.7 Å². The molecule has 0 aromatic carbocycles. The third kappa shape index (κ3) is 3.09. The Morgan fingerprint density at radius 2 is 1.91 bits per heavy atom. The summed E-state index contributed by atoms with van der Waals surface area (Å²) in [5.74, 6) is 2.47. The fourth-order valence-corrected chi connectivity index (χ4v) is 5.81. The molecule has 0 saturated heterocycles. The molecule has 23 heavy (non-hydrogen) atoms. The van der Waals surface area contributed by atoms with Crippen LogP contribution in [-0.2, 0) is 0 Å². The molecule has 1 N–H and O–H groups in total. The van der Waals surface area contributed by atoms with Gasteiger partial charge < -0.3 is 5.11 Å². The van der Waals surface area contributed by atoms with E-state index in [0.29, 0.717) is 5.41 Å². The highest BCUT2D eigenvalue weighted by molar-refractivity contribution is 5.37. The summed E-state index contributed by atoms with van der Waals surface area (Å²) in [5, 5.41) is 10.0. The quantitative estimate of drug-likeness (QED) is 0.681. The van der Waals surface area contributed by atoms with Gasteiger partial charge in [-0.25, -0.2) is 0 Å². The lowest BCUT2D eigenvalue weighted by Crippen LogP contribution is -2.35. The van der Waals surface area contributed by atoms with Gasteiger partial charge in [0.2, 0.25) is 0 Å². The molecule has 3 saturated carbocycles. The standard InChI is InChI=1S/C22H34O/c1-15(2)19-12-13-20-18(8-6-14-22(19,20)4)11-10-17-7-5-9-21(23)16(17)3/h10-11,15,19-21,23H,3,5-9,12-14H2,1-2,4H3/b17-10-,18-11+. The molecule has 0 aromatic rings. The fraction of sp³-hybridized carbons (Fsp3) is 0.727. The van der Waals surface area contributed by atoms with Gasteiger partial charge in [0.1, 0.15) is 0 Å². The SMILES string of the molecule is C=C1/C(=C\C=C2/CCCC3(C)C2CCC3C(C)C)CCCC1O. The maximum Gasteiger partial charge on any atom is 0.0787 e. The smallest absolute Gasteiger partial charge is 0.0787 e. The van der Waals surface area contributed by atoms with Crippen LogP contribution < -0.4 is 0 Å². The Labute approximate surface area is 142 Å². The van der Waals surface area contributed by atoms with Gasteiger partial charge in [-0.1, -0.05) is 45.1 Å². The van der Waals surface area contributed by atoms with E-state index in [4.69, 9.17) is 0 Å². The second-order valence-corrected chi connectivity index (χ2v) is 8.71. The van der Waals surface area contributed by atoms with E-state index in [2.05, 4.69) is 39.5 Å². The summed E-state index contributed by atoms with van der Waals surface area (Å²) in [4.78, 5) is 0. The van der Waals surface area contributed by atoms with Crippen LogP contribution in [0, 0.1) is 23.2 Å². The molecule has 3 aliphatic carbocycles. The van der Waals surface area contributed by atoms with Crippen molar-refractivity contribution in [1.82, 2.24) is 0 Å². The number of aliphatic hydroxyl groups is 1. The van der Waals surface area contributed by atoms with E-state index in [0.717, 1.165) is 42.6 Å². The highest BCUT2D eigenvalue weighted by atomic mass is 16.3. The molecule has 0 aliphatic heterocycles. The highest BCUT2D eigenvalue weighted by Gasteiger charge is 2.49. The summed E-state index contributed by atoms with van der Waals surface area (Å²) in [6.07, 6.45) is 14.2. The van der Waals surface area contributed by atoms with Crippen LogP contribution in [0.1, 0.15) is 72.1 Å². The third-order valence-corrected chi connectivity index (χ3v) is 7.08. The molecule has 128 valence electrons. The van der Waals surface area contributed by atoms with Crippen molar-refractivity contribution >= 4 is 0 Å². The lowest BCUT2D eigenvalue weighted by Gasteiger charge is -2.43. The van der Waals surface area contributed by atoms with Crippen molar-refractivity contribution < 1.29 is 5.11 Å². The van der Waals surface area contributed by atoms with Gasteiger partial charge in [-0.2, -0.15) is 0 Å². The van der Waals surface area contributed by atoms with E-state index in [1.807, 2.05) is 0 Å². The van der Waals surface area contributed by atoms with Crippen LogP contribution in [0.25, 0.3) is 0 Å². The van der Waals surface area contributed by atoms with Crippen molar-refractivity contribution in [3.8, 4) is 0 Å². The minimum Gasteiger partial charge on any atom is -0.388 e. The molecule has 1 heteroatoms. The van der Waals surface area contributed by atoms with E-state index in [-0.39, 0.29) is 6.10 Å². The van der Waals surface area contributed by atoms with Gasteiger partial charge in [0.25, 0.3) is 0 Å². The number of aliphatic hydroxyl groups excluding tert-OH is 1. The van der Waals surface area contributed by atoms with Crippen LogP contribution in [0.15, 0.2) is 35.5 Å². The molecule has 0 spiro atoms. The molecule has 0 heterocycles. The Morgan fingerprint density at radius 1 is 1.13 bits per heavy atom. The molecule has 0 radical (unpaired) electrons. The predicted molar refractivity (Wildman–Crippen MR) is 98.2 cm³/mol. The Balaban J connectivity index is 1.82. The maximum atomic E-state index is 10.0. The van der Waals surface area contributed by atoms with Crippen molar-refractivity contribution in [2.45, 2.75) is 78.2 Å². The summed E-state index contributed by atoms with van der Waals surface area (Å²) in [6, 6.07) is 0. The van der Waals surface area contributed by atoms with Gasteiger partial charge in [-0.3, -0.25) is 0 Å². The van der Waals surface area contributed by atoms with E-state index >= 15 is 0 Å². The number of allylic oxidation sites excluding steroid dienone is 3. The molecule has 3 rings (SSSR count). The summed E-state index contributed by atoms with van der Waals surface area (Å²) < 4.78 is 0. The summed E-state index contributed by atoms with van der Waals surface area (Å²) in [6.45, 7) is 11.5. The van der Waals surface area contributed by atoms with Gasteiger partial charge in [-0.15, -0.1) is 0 Å². The zero-order valence-corrected chi connectivity index (χ0v) is 15.3. The second kappa shape index (κ2) is 6.59. The summed E-state index contributed by atoms with van der Waals surface area (Å²) >= 11 is 0. The van der Waals surface area contributed by atoms with E-state index in [1.165, 1.54) is 37.7 Å². The number of fused-ring (bicyclic) bond motifs is 1. The average molecular weight is 315 g/mol. The van der Waals surface area contributed by atoms with Crippen molar-refractivity contribution in [1.29, 1.82) is 0 Å². The van der Waals surface area contributed by atoms with Crippen LogP contribution in [0.5, 0.6) is 0 Å².